The van der Waals surface area contributed by atoms with Gasteiger partial charge < -0.3 is 19.3 Å². The Morgan fingerprint density at radius 1 is 1.11 bits per heavy atom. The molecule has 142 valence electrons. The highest BCUT2D eigenvalue weighted by molar-refractivity contribution is 5.94. The van der Waals surface area contributed by atoms with E-state index in [4.69, 9.17) is 9.47 Å². The van der Waals surface area contributed by atoms with Gasteiger partial charge in [-0.2, -0.15) is 0 Å². The Labute approximate surface area is 160 Å². The molecule has 0 bridgehead atoms. The quantitative estimate of drug-likeness (QED) is 0.876. The van der Waals surface area contributed by atoms with Crippen LogP contribution in [0, 0.1) is 0 Å². The van der Waals surface area contributed by atoms with Gasteiger partial charge in [-0.3, -0.25) is 4.79 Å². The fraction of sp³-hybridized carbons (Fsp3) is 0.409. The molecule has 5 nitrogen and oxygen atoms in total. The van der Waals surface area contributed by atoms with Gasteiger partial charge in [0.25, 0.3) is 5.91 Å². The Balaban J connectivity index is 1.36. The van der Waals surface area contributed by atoms with Crippen LogP contribution in [0.4, 0.5) is 0 Å². The van der Waals surface area contributed by atoms with Crippen LogP contribution < -0.4 is 14.4 Å². The lowest BCUT2D eigenvalue weighted by Gasteiger charge is -2.34. The lowest BCUT2D eigenvalue weighted by Crippen LogP contribution is -3.16. The van der Waals surface area contributed by atoms with Crippen molar-refractivity contribution in [3.8, 4) is 11.5 Å². The van der Waals surface area contributed by atoms with E-state index in [1.807, 2.05) is 53.4 Å². The molecule has 2 saturated heterocycles. The van der Waals surface area contributed by atoms with Crippen molar-refractivity contribution in [3.63, 3.8) is 0 Å². The van der Waals surface area contributed by atoms with Crippen molar-refractivity contribution in [2.24, 2.45) is 0 Å². The topological polar surface area (TPSA) is 43.2 Å². The van der Waals surface area contributed by atoms with Gasteiger partial charge in [0.2, 0.25) is 0 Å². The minimum Gasteiger partial charge on any atom is -0.493 e. The van der Waals surface area contributed by atoms with E-state index in [2.05, 4.69) is 0 Å². The van der Waals surface area contributed by atoms with E-state index in [9.17, 15) is 4.79 Å². The standard InChI is InChI=1S/C22H26N2O3/c1-26-20-6-2-3-7-21(20)27-16-17-8-10-18(11-9-17)22(25)24-14-13-23-12-4-5-19(23)15-24/h2-3,6-11,19H,4-5,12-16H2,1H3/p+1. The molecule has 0 saturated carbocycles. The second-order valence-electron chi connectivity index (χ2n) is 7.39. The molecule has 2 aromatic rings. The number of hydrogen-bond donors (Lipinski definition) is 1. The number of ether oxygens (including phenoxy) is 2. The molecule has 2 heterocycles. The number of amides is 1. The van der Waals surface area contributed by atoms with Gasteiger partial charge in [-0.05, 0) is 29.8 Å². The number of benzene rings is 2. The molecule has 4 rings (SSSR count). The van der Waals surface area contributed by atoms with Crippen LogP contribution in [0.5, 0.6) is 11.5 Å². The fourth-order valence-corrected chi connectivity index (χ4v) is 4.18. The summed E-state index contributed by atoms with van der Waals surface area (Å²) in [7, 11) is 1.63. The molecule has 2 aliphatic rings. The van der Waals surface area contributed by atoms with E-state index in [0.717, 1.165) is 42.3 Å². The summed E-state index contributed by atoms with van der Waals surface area (Å²) >= 11 is 0. The number of piperazine rings is 1. The number of fused-ring (bicyclic) bond motifs is 1. The number of carbonyl (C=O) groups is 1. The van der Waals surface area contributed by atoms with Crippen molar-refractivity contribution >= 4 is 5.91 Å². The predicted octanol–water partition coefficient (Wildman–Crippen LogP) is 1.78. The summed E-state index contributed by atoms with van der Waals surface area (Å²) in [6.45, 7) is 4.56. The van der Waals surface area contributed by atoms with Crippen molar-refractivity contribution in [2.75, 3.05) is 33.3 Å². The molecule has 2 unspecified atom stereocenters. The zero-order valence-electron chi connectivity index (χ0n) is 15.8. The summed E-state index contributed by atoms with van der Waals surface area (Å²) in [5, 5.41) is 0. The number of rotatable bonds is 5. The summed E-state index contributed by atoms with van der Waals surface area (Å²) < 4.78 is 11.2. The SMILES string of the molecule is COc1ccccc1OCc1ccc(C(=O)N2CC[NH+]3CCCC3C2)cc1. The molecule has 0 aromatic heterocycles. The van der Waals surface area contributed by atoms with E-state index >= 15 is 0 Å². The highest BCUT2D eigenvalue weighted by Gasteiger charge is 2.36. The Hall–Kier alpha value is -2.53. The van der Waals surface area contributed by atoms with Crippen LogP contribution in [0.25, 0.3) is 0 Å². The third-order valence-electron chi connectivity index (χ3n) is 5.72. The summed E-state index contributed by atoms with van der Waals surface area (Å²) in [6, 6.07) is 16.0. The minimum absolute atomic E-state index is 0.151. The Kier molecular flexibility index (Phi) is 5.30. The molecule has 1 amide bonds. The van der Waals surface area contributed by atoms with Crippen molar-refractivity contribution < 1.29 is 19.2 Å². The molecule has 2 fully saturated rings. The third-order valence-corrected chi connectivity index (χ3v) is 5.72. The van der Waals surface area contributed by atoms with Crippen molar-refractivity contribution in [1.29, 1.82) is 0 Å². The molecule has 2 aliphatic heterocycles. The number of hydrogen-bond acceptors (Lipinski definition) is 3. The van der Waals surface area contributed by atoms with Crippen molar-refractivity contribution in [1.82, 2.24) is 4.90 Å². The first-order valence-corrected chi connectivity index (χ1v) is 9.73. The van der Waals surface area contributed by atoms with Crippen LogP contribution in [-0.4, -0.2) is 50.1 Å². The van der Waals surface area contributed by atoms with Crippen LogP contribution in [-0.2, 0) is 6.61 Å². The largest absolute Gasteiger partial charge is 0.493 e. The molecule has 0 spiro atoms. The zero-order chi connectivity index (χ0) is 18.6. The minimum atomic E-state index is 0.151. The number of nitrogens with zero attached hydrogens (tertiary/aromatic N) is 1. The lowest BCUT2D eigenvalue weighted by atomic mass is 10.1. The van der Waals surface area contributed by atoms with Gasteiger partial charge in [-0.25, -0.2) is 0 Å². The maximum atomic E-state index is 12.8. The van der Waals surface area contributed by atoms with Gasteiger partial charge in [0, 0.05) is 18.4 Å². The monoisotopic (exact) mass is 367 g/mol. The second-order valence-corrected chi connectivity index (χ2v) is 7.39. The van der Waals surface area contributed by atoms with Crippen LogP contribution in [0.3, 0.4) is 0 Å². The molecule has 0 aliphatic carbocycles. The van der Waals surface area contributed by atoms with Gasteiger partial charge in [-0.15, -0.1) is 0 Å². The van der Waals surface area contributed by atoms with Gasteiger partial charge in [-0.1, -0.05) is 24.3 Å². The smallest absolute Gasteiger partial charge is 0.254 e. The Bertz CT molecular complexity index is 790. The van der Waals surface area contributed by atoms with Gasteiger partial charge >= 0.3 is 0 Å². The molecule has 2 aromatic carbocycles. The molecule has 0 radical (unpaired) electrons. The lowest BCUT2D eigenvalue weighted by molar-refractivity contribution is -0.916. The van der Waals surface area contributed by atoms with E-state index in [0.29, 0.717) is 12.6 Å². The number of quaternary nitrogens is 1. The van der Waals surface area contributed by atoms with Crippen LogP contribution in [0.2, 0.25) is 0 Å². The summed E-state index contributed by atoms with van der Waals surface area (Å²) in [4.78, 5) is 16.5. The number of nitrogens with one attached hydrogen (secondary N) is 1. The van der Waals surface area contributed by atoms with E-state index in [1.165, 1.54) is 19.4 Å². The highest BCUT2D eigenvalue weighted by atomic mass is 16.5. The van der Waals surface area contributed by atoms with Gasteiger partial charge in [0.15, 0.2) is 11.5 Å². The Morgan fingerprint density at radius 3 is 2.67 bits per heavy atom. The fourth-order valence-electron chi connectivity index (χ4n) is 4.18. The molecular formula is C22H27N2O3+. The maximum Gasteiger partial charge on any atom is 0.254 e. The van der Waals surface area contributed by atoms with E-state index < -0.39 is 0 Å². The van der Waals surface area contributed by atoms with Crippen LogP contribution >= 0.6 is 0 Å². The molecule has 27 heavy (non-hydrogen) atoms. The molecule has 1 N–H and O–H groups in total. The average molecular weight is 367 g/mol. The zero-order valence-corrected chi connectivity index (χ0v) is 15.8. The van der Waals surface area contributed by atoms with Crippen LogP contribution in [0.15, 0.2) is 48.5 Å². The molecule has 2 atom stereocenters. The first-order chi connectivity index (χ1) is 13.2. The first-order valence-electron chi connectivity index (χ1n) is 9.73. The maximum absolute atomic E-state index is 12.8. The second kappa shape index (κ2) is 8.01. The van der Waals surface area contributed by atoms with Crippen molar-refractivity contribution in [2.45, 2.75) is 25.5 Å². The van der Waals surface area contributed by atoms with Crippen LogP contribution in [0.1, 0.15) is 28.8 Å². The van der Waals surface area contributed by atoms with Gasteiger partial charge in [0.1, 0.15) is 12.6 Å². The number of carbonyl (C=O) groups excluding carboxylic acids is 1. The number of para-hydroxylation sites is 2. The van der Waals surface area contributed by atoms with Gasteiger partial charge in [0.05, 0.1) is 33.3 Å². The summed E-state index contributed by atoms with van der Waals surface area (Å²) in [5.74, 6) is 1.59. The molecule has 5 heteroatoms. The highest BCUT2D eigenvalue weighted by Crippen LogP contribution is 2.26. The molecular weight excluding hydrogens is 340 g/mol. The van der Waals surface area contributed by atoms with E-state index in [1.54, 1.807) is 12.0 Å². The first kappa shape index (κ1) is 17.9. The third kappa shape index (κ3) is 3.93. The predicted molar refractivity (Wildman–Crippen MR) is 103 cm³/mol. The van der Waals surface area contributed by atoms with E-state index in [-0.39, 0.29) is 5.91 Å². The normalized spacial score (nSPS) is 21.6. The summed E-state index contributed by atoms with van der Waals surface area (Å²) in [6.07, 6.45) is 2.54. The van der Waals surface area contributed by atoms with Crippen molar-refractivity contribution in [3.05, 3.63) is 59.7 Å². The summed E-state index contributed by atoms with van der Waals surface area (Å²) in [5.41, 5.74) is 1.79. The Morgan fingerprint density at radius 2 is 1.89 bits per heavy atom. The average Bonchev–Trinajstić information content (AvgIpc) is 3.20. The number of methoxy groups -OCH3 is 1.